The van der Waals surface area contributed by atoms with E-state index in [2.05, 4.69) is 10.3 Å². The van der Waals surface area contributed by atoms with E-state index in [9.17, 15) is 18.0 Å². The molecular formula is C16H16F3N3O2. The highest BCUT2D eigenvalue weighted by Gasteiger charge is 2.30. The van der Waals surface area contributed by atoms with Gasteiger partial charge in [-0.2, -0.15) is 13.2 Å². The molecule has 1 heterocycles. The van der Waals surface area contributed by atoms with E-state index in [1.165, 1.54) is 12.1 Å². The number of nitrogens with two attached hydrogens (primary N) is 1. The second kappa shape index (κ2) is 7.20. The lowest BCUT2D eigenvalue weighted by atomic mass is 10.1. The lowest BCUT2D eigenvalue weighted by molar-refractivity contribution is -0.137. The molecule has 0 radical (unpaired) electrons. The molecule has 3 N–H and O–H groups in total. The summed E-state index contributed by atoms with van der Waals surface area (Å²) in [6, 6.07) is 6.45. The molecule has 0 unspecified atom stereocenters. The number of amides is 1. The Morgan fingerprint density at radius 1 is 1.29 bits per heavy atom. The highest BCUT2D eigenvalue weighted by atomic mass is 19.4. The Kier molecular flexibility index (Phi) is 5.28. The average molecular weight is 339 g/mol. The van der Waals surface area contributed by atoms with E-state index in [1.54, 1.807) is 6.07 Å². The molecule has 0 atom stereocenters. The average Bonchev–Trinajstić information content (AvgIpc) is 2.53. The summed E-state index contributed by atoms with van der Waals surface area (Å²) in [5, 5.41) is 2.41. The molecule has 0 spiro atoms. The molecule has 0 saturated heterocycles. The van der Waals surface area contributed by atoms with Crippen LogP contribution in [0.2, 0.25) is 0 Å². The van der Waals surface area contributed by atoms with Gasteiger partial charge in [0.15, 0.2) is 0 Å². The zero-order valence-electron chi connectivity index (χ0n) is 12.9. The molecular weight excluding hydrogens is 323 g/mol. The molecule has 2 rings (SSSR count). The highest BCUT2D eigenvalue weighted by Crippen LogP contribution is 2.29. The number of ether oxygens (including phenoxy) is 1. The second-order valence-corrected chi connectivity index (χ2v) is 4.99. The van der Waals surface area contributed by atoms with Crippen LogP contribution in [0.3, 0.4) is 0 Å². The number of nitrogens with zero attached hydrogens (tertiary/aromatic N) is 1. The van der Waals surface area contributed by atoms with E-state index >= 15 is 0 Å². The lowest BCUT2D eigenvalue weighted by Gasteiger charge is -2.10. The number of rotatable bonds is 5. The standard InChI is InChI=1S/C16H16F3N3O2/c1-2-7-24-13-5-3-10(8-12(13)20)15(23)22-14-6-4-11(9-21-14)16(17,18)19/h3-6,8-9H,2,7,20H2,1H3,(H,21,22,23). The molecule has 0 aliphatic rings. The molecule has 2 aromatic rings. The number of nitrogen functional groups attached to an aromatic ring is 1. The van der Waals surface area contributed by atoms with Crippen LogP contribution in [0.15, 0.2) is 36.5 Å². The van der Waals surface area contributed by atoms with Crippen LogP contribution < -0.4 is 15.8 Å². The van der Waals surface area contributed by atoms with E-state index < -0.39 is 17.6 Å². The Hall–Kier alpha value is -2.77. The molecule has 0 saturated carbocycles. The number of carbonyl (C=O) groups is 1. The minimum absolute atomic E-state index is 0.0119. The van der Waals surface area contributed by atoms with Crippen molar-refractivity contribution in [2.45, 2.75) is 19.5 Å². The molecule has 24 heavy (non-hydrogen) atoms. The number of alkyl halides is 3. The van der Waals surface area contributed by atoms with Gasteiger partial charge in [-0.15, -0.1) is 0 Å². The van der Waals surface area contributed by atoms with Crippen molar-refractivity contribution >= 4 is 17.4 Å². The van der Waals surface area contributed by atoms with Crippen LogP contribution >= 0.6 is 0 Å². The van der Waals surface area contributed by atoms with E-state index in [4.69, 9.17) is 10.5 Å². The number of hydrogen-bond acceptors (Lipinski definition) is 4. The van der Waals surface area contributed by atoms with Gasteiger partial charge in [0.1, 0.15) is 11.6 Å². The van der Waals surface area contributed by atoms with Gasteiger partial charge in [0.25, 0.3) is 5.91 Å². The second-order valence-electron chi connectivity index (χ2n) is 4.99. The first-order valence-corrected chi connectivity index (χ1v) is 7.18. The fourth-order valence-electron chi connectivity index (χ4n) is 1.86. The van der Waals surface area contributed by atoms with Crippen LogP contribution in [0.4, 0.5) is 24.7 Å². The number of aromatic nitrogens is 1. The maximum Gasteiger partial charge on any atom is 0.417 e. The minimum atomic E-state index is -4.47. The SMILES string of the molecule is CCCOc1ccc(C(=O)Nc2ccc(C(F)(F)F)cn2)cc1N. The van der Waals surface area contributed by atoms with Gasteiger partial charge in [-0.1, -0.05) is 6.92 Å². The van der Waals surface area contributed by atoms with E-state index in [-0.39, 0.29) is 11.4 Å². The third-order valence-corrected chi connectivity index (χ3v) is 3.07. The quantitative estimate of drug-likeness (QED) is 0.814. The van der Waals surface area contributed by atoms with Crippen LogP contribution in [-0.2, 0) is 6.18 Å². The fraction of sp³-hybridized carbons (Fsp3) is 0.250. The van der Waals surface area contributed by atoms with E-state index in [0.717, 1.165) is 18.6 Å². The summed E-state index contributed by atoms with van der Waals surface area (Å²) < 4.78 is 42.8. The Morgan fingerprint density at radius 3 is 2.58 bits per heavy atom. The maximum atomic E-state index is 12.5. The third kappa shape index (κ3) is 4.37. The summed E-state index contributed by atoms with van der Waals surface area (Å²) in [6.45, 7) is 2.46. The minimum Gasteiger partial charge on any atom is -0.491 e. The van der Waals surface area contributed by atoms with Crippen molar-refractivity contribution < 1.29 is 22.7 Å². The largest absolute Gasteiger partial charge is 0.491 e. The lowest BCUT2D eigenvalue weighted by Crippen LogP contribution is -2.14. The Bertz CT molecular complexity index is 715. The van der Waals surface area contributed by atoms with Crippen LogP contribution in [0, 0.1) is 0 Å². The first-order valence-electron chi connectivity index (χ1n) is 7.18. The van der Waals surface area contributed by atoms with Crippen molar-refractivity contribution in [3.63, 3.8) is 0 Å². The van der Waals surface area contributed by atoms with E-state index in [0.29, 0.717) is 24.2 Å². The Balaban J connectivity index is 2.08. The zero-order chi connectivity index (χ0) is 17.7. The Labute approximate surface area is 136 Å². The smallest absolute Gasteiger partial charge is 0.417 e. The van der Waals surface area contributed by atoms with Gasteiger partial charge >= 0.3 is 6.18 Å². The normalized spacial score (nSPS) is 11.2. The monoisotopic (exact) mass is 339 g/mol. The van der Waals surface area contributed by atoms with Crippen molar-refractivity contribution in [3.05, 3.63) is 47.7 Å². The molecule has 0 aliphatic carbocycles. The molecule has 1 amide bonds. The zero-order valence-corrected chi connectivity index (χ0v) is 12.9. The number of benzene rings is 1. The molecule has 0 fully saturated rings. The van der Waals surface area contributed by atoms with Gasteiger partial charge in [0.2, 0.25) is 0 Å². The van der Waals surface area contributed by atoms with Crippen LogP contribution in [0.1, 0.15) is 29.3 Å². The first kappa shape index (κ1) is 17.6. The third-order valence-electron chi connectivity index (χ3n) is 3.07. The summed E-state index contributed by atoms with van der Waals surface area (Å²) in [5.74, 6) is -0.0464. The van der Waals surface area contributed by atoms with Crippen molar-refractivity contribution in [3.8, 4) is 5.75 Å². The summed E-state index contributed by atoms with van der Waals surface area (Å²) in [7, 11) is 0. The first-order chi connectivity index (χ1) is 11.3. The predicted octanol–water partition coefficient (Wildman–Crippen LogP) is 3.72. The summed E-state index contributed by atoms with van der Waals surface area (Å²) in [4.78, 5) is 15.7. The van der Waals surface area contributed by atoms with Gasteiger partial charge in [-0.3, -0.25) is 4.79 Å². The van der Waals surface area contributed by atoms with Crippen LogP contribution in [0.5, 0.6) is 5.75 Å². The molecule has 1 aromatic carbocycles. The molecule has 128 valence electrons. The van der Waals surface area contributed by atoms with E-state index in [1.807, 2.05) is 6.92 Å². The van der Waals surface area contributed by atoms with Gasteiger partial charge in [0.05, 0.1) is 17.9 Å². The Morgan fingerprint density at radius 2 is 2.04 bits per heavy atom. The molecule has 5 nitrogen and oxygen atoms in total. The molecule has 8 heteroatoms. The fourth-order valence-corrected chi connectivity index (χ4v) is 1.86. The van der Waals surface area contributed by atoms with Crippen LogP contribution in [0.25, 0.3) is 0 Å². The van der Waals surface area contributed by atoms with Crippen molar-refractivity contribution in [1.82, 2.24) is 4.98 Å². The molecule has 0 bridgehead atoms. The van der Waals surface area contributed by atoms with Gasteiger partial charge in [-0.05, 0) is 36.8 Å². The summed E-state index contributed by atoms with van der Waals surface area (Å²) in [6.07, 6.45) is -2.99. The summed E-state index contributed by atoms with van der Waals surface area (Å²) in [5.41, 5.74) is 5.48. The van der Waals surface area contributed by atoms with Crippen molar-refractivity contribution in [2.24, 2.45) is 0 Å². The van der Waals surface area contributed by atoms with Gasteiger partial charge in [0, 0.05) is 11.8 Å². The highest BCUT2D eigenvalue weighted by molar-refractivity contribution is 6.04. The molecule has 0 aliphatic heterocycles. The maximum absolute atomic E-state index is 12.5. The predicted molar refractivity (Wildman–Crippen MR) is 83.8 cm³/mol. The van der Waals surface area contributed by atoms with Gasteiger partial charge < -0.3 is 15.8 Å². The number of hydrogen-bond donors (Lipinski definition) is 2. The summed E-state index contributed by atoms with van der Waals surface area (Å²) >= 11 is 0. The number of halogens is 3. The van der Waals surface area contributed by atoms with Crippen molar-refractivity contribution in [1.29, 1.82) is 0 Å². The number of anilines is 2. The van der Waals surface area contributed by atoms with Gasteiger partial charge in [-0.25, -0.2) is 4.98 Å². The molecule has 1 aromatic heterocycles. The number of carbonyl (C=O) groups excluding carboxylic acids is 1. The number of nitrogens with one attached hydrogen (secondary N) is 1. The topological polar surface area (TPSA) is 77.2 Å². The van der Waals surface area contributed by atoms with Crippen LogP contribution in [-0.4, -0.2) is 17.5 Å². The number of pyridine rings is 1. The van der Waals surface area contributed by atoms with Crippen molar-refractivity contribution in [2.75, 3.05) is 17.7 Å².